The molecular weight excluding hydrogens is 322 g/mol. The summed E-state index contributed by atoms with van der Waals surface area (Å²) in [5.41, 5.74) is 0. The van der Waals surface area contributed by atoms with Crippen LogP contribution in [-0.2, 0) is 10.0 Å². The predicted molar refractivity (Wildman–Crippen MR) is 73.8 cm³/mol. The van der Waals surface area contributed by atoms with Gasteiger partial charge in [-0.15, -0.1) is 11.3 Å². The number of nitrogens with zero attached hydrogens (tertiary/aromatic N) is 1. The number of halogens is 1. The second kappa shape index (κ2) is 5.38. The first-order valence-corrected chi connectivity index (χ1v) is 8.93. The highest BCUT2D eigenvalue weighted by Crippen LogP contribution is 2.33. The molecule has 0 spiro atoms. The Labute approximate surface area is 115 Å². The zero-order valence-corrected chi connectivity index (χ0v) is 12.9. The summed E-state index contributed by atoms with van der Waals surface area (Å²) < 4.78 is 27.9. The first-order chi connectivity index (χ1) is 8.07. The van der Waals surface area contributed by atoms with Crippen molar-refractivity contribution in [2.24, 2.45) is 0 Å². The molecule has 1 saturated heterocycles. The molecule has 1 aromatic rings. The van der Waals surface area contributed by atoms with Crippen molar-refractivity contribution in [2.45, 2.75) is 42.9 Å². The van der Waals surface area contributed by atoms with Gasteiger partial charge in [0.1, 0.15) is 4.21 Å². The van der Waals surface area contributed by atoms with Gasteiger partial charge in [-0.05, 0) is 46.6 Å². The summed E-state index contributed by atoms with van der Waals surface area (Å²) in [6, 6.07) is 1.96. The molecule has 2 heterocycles. The molecule has 0 N–H and O–H groups in total. The summed E-state index contributed by atoms with van der Waals surface area (Å²) in [5, 5.41) is 1.81. The number of rotatable bonds is 3. The maximum atomic E-state index is 12.5. The van der Waals surface area contributed by atoms with Gasteiger partial charge in [0.05, 0.1) is 0 Å². The van der Waals surface area contributed by atoms with Gasteiger partial charge in [-0.2, -0.15) is 4.31 Å². The van der Waals surface area contributed by atoms with Crippen molar-refractivity contribution in [1.29, 1.82) is 0 Å². The van der Waals surface area contributed by atoms with E-state index < -0.39 is 10.0 Å². The Morgan fingerprint density at radius 3 is 2.88 bits per heavy atom. The number of hydrogen-bond donors (Lipinski definition) is 0. The maximum Gasteiger partial charge on any atom is 0.253 e. The second-order valence-corrected chi connectivity index (χ2v) is 8.09. The summed E-state index contributed by atoms with van der Waals surface area (Å²) in [5.74, 6) is 0. The normalized spacial score (nSPS) is 22.8. The van der Waals surface area contributed by atoms with E-state index in [9.17, 15) is 8.42 Å². The highest BCUT2D eigenvalue weighted by molar-refractivity contribution is 9.10. The minimum Gasteiger partial charge on any atom is -0.206 e. The van der Waals surface area contributed by atoms with Crippen LogP contribution in [0.1, 0.15) is 32.6 Å². The third-order valence-corrected chi connectivity index (χ3v) is 7.77. The minimum atomic E-state index is -3.31. The van der Waals surface area contributed by atoms with Crippen LogP contribution in [0, 0.1) is 0 Å². The van der Waals surface area contributed by atoms with E-state index in [0.29, 0.717) is 15.2 Å². The molecule has 1 atom stereocenters. The Bertz CT molecular complexity index is 483. The predicted octanol–water partition coefficient (Wildman–Crippen LogP) is 3.46. The van der Waals surface area contributed by atoms with Crippen molar-refractivity contribution in [3.63, 3.8) is 0 Å². The van der Waals surface area contributed by atoms with Gasteiger partial charge in [0, 0.05) is 17.1 Å². The minimum absolute atomic E-state index is 0.169. The van der Waals surface area contributed by atoms with E-state index in [2.05, 4.69) is 22.9 Å². The van der Waals surface area contributed by atoms with Crippen LogP contribution in [0.15, 0.2) is 20.1 Å². The molecular formula is C11H16BrNO2S2. The van der Waals surface area contributed by atoms with E-state index in [4.69, 9.17) is 0 Å². The second-order valence-electron chi connectivity index (χ2n) is 4.23. The first kappa shape index (κ1) is 13.5. The third kappa shape index (κ3) is 2.59. The molecule has 1 unspecified atom stereocenters. The van der Waals surface area contributed by atoms with E-state index in [1.54, 1.807) is 10.4 Å². The third-order valence-electron chi connectivity index (χ3n) is 3.17. The maximum absolute atomic E-state index is 12.5. The van der Waals surface area contributed by atoms with E-state index in [-0.39, 0.29) is 6.04 Å². The van der Waals surface area contributed by atoms with Crippen molar-refractivity contribution in [2.75, 3.05) is 6.54 Å². The molecule has 6 heteroatoms. The van der Waals surface area contributed by atoms with Crippen LogP contribution in [0.2, 0.25) is 0 Å². The van der Waals surface area contributed by atoms with Crippen LogP contribution in [-0.4, -0.2) is 25.3 Å². The van der Waals surface area contributed by atoms with Gasteiger partial charge < -0.3 is 0 Å². The van der Waals surface area contributed by atoms with Crippen molar-refractivity contribution in [1.82, 2.24) is 4.31 Å². The number of sulfonamides is 1. The molecule has 1 aromatic heterocycles. The number of piperidine rings is 1. The lowest BCUT2D eigenvalue weighted by atomic mass is 10.0. The average Bonchev–Trinajstić information content (AvgIpc) is 2.76. The lowest BCUT2D eigenvalue weighted by molar-refractivity contribution is 0.247. The van der Waals surface area contributed by atoms with Gasteiger partial charge in [-0.1, -0.05) is 13.3 Å². The first-order valence-electron chi connectivity index (χ1n) is 5.82. The van der Waals surface area contributed by atoms with Crippen molar-refractivity contribution >= 4 is 37.3 Å². The molecule has 1 fully saturated rings. The zero-order valence-electron chi connectivity index (χ0n) is 9.73. The van der Waals surface area contributed by atoms with E-state index in [1.165, 1.54) is 11.3 Å². The molecule has 96 valence electrons. The Hall–Kier alpha value is 0.0900. The standard InChI is InChI=1S/C11H16BrNO2S2/c1-2-9-5-3-4-7-13(9)17(14,15)11-10(12)6-8-16-11/h6,8-9H,2-5,7H2,1H3. The lowest BCUT2D eigenvalue weighted by Gasteiger charge is -2.33. The van der Waals surface area contributed by atoms with Crippen LogP contribution in [0.4, 0.5) is 0 Å². The molecule has 1 aliphatic rings. The number of thiophene rings is 1. The molecule has 3 nitrogen and oxygen atoms in total. The van der Waals surface area contributed by atoms with Gasteiger partial charge in [-0.25, -0.2) is 8.42 Å². The molecule has 0 amide bonds. The molecule has 0 saturated carbocycles. The topological polar surface area (TPSA) is 37.4 Å². The number of hydrogen-bond acceptors (Lipinski definition) is 3. The van der Waals surface area contributed by atoms with E-state index in [0.717, 1.165) is 25.7 Å². The van der Waals surface area contributed by atoms with E-state index >= 15 is 0 Å². The largest absolute Gasteiger partial charge is 0.253 e. The van der Waals surface area contributed by atoms with Gasteiger partial charge in [0.2, 0.25) is 0 Å². The van der Waals surface area contributed by atoms with Crippen LogP contribution >= 0.6 is 27.3 Å². The van der Waals surface area contributed by atoms with Crippen molar-refractivity contribution in [3.05, 3.63) is 15.9 Å². The molecule has 0 radical (unpaired) electrons. The lowest BCUT2D eigenvalue weighted by Crippen LogP contribution is -2.43. The van der Waals surface area contributed by atoms with Crippen LogP contribution < -0.4 is 0 Å². The van der Waals surface area contributed by atoms with Gasteiger partial charge in [-0.3, -0.25) is 0 Å². The van der Waals surface area contributed by atoms with Gasteiger partial charge in [0.15, 0.2) is 0 Å². The molecule has 0 bridgehead atoms. The van der Waals surface area contributed by atoms with Crippen LogP contribution in [0.5, 0.6) is 0 Å². The summed E-state index contributed by atoms with van der Waals surface area (Å²) in [6.07, 6.45) is 3.98. The fraction of sp³-hybridized carbons (Fsp3) is 0.636. The van der Waals surface area contributed by atoms with Crippen LogP contribution in [0.3, 0.4) is 0 Å². The zero-order chi connectivity index (χ0) is 12.5. The summed E-state index contributed by atoms with van der Waals surface area (Å²) in [6.45, 7) is 2.72. The van der Waals surface area contributed by atoms with Crippen molar-refractivity contribution < 1.29 is 8.42 Å². The fourth-order valence-electron chi connectivity index (χ4n) is 2.27. The van der Waals surface area contributed by atoms with Crippen molar-refractivity contribution in [3.8, 4) is 0 Å². The summed E-state index contributed by atoms with van der Waals surface area (Å²) in [4.78, 5) is 0. The highest BCUT2D eigenvalue weighted by Gasteiger charge is 2.34. The monoisotopic (exact) mass is 337 g/mol. The smallest absolute Gasteiger partial charge is 0.206 e. The van der Waals surface area contributed by atoms with Gasteiger partial charge in [0.25, 0.3) is 10.0 Å². The molecule has 17 heavy (non-hydrogen) atoms. The fourth-order valence-corrected chi connectivity index (χ4v) is 6.46. The Kier molecular flexibility index (Phi) is 4.28. The summed E-state index contributed by atoms with van der Waals surface area (Å²) in [7, 11) is -3.31. The molecule has 0 aromatic carbocycles. The Balaban J connectivity index is 2.34. The van der Waals surface area contributed by atoms with E-state index in [1.807, 2.05) is 5.38 Å². The SMILES string of the molecule is CCC1CCCCN1S(=O)(=O)c1sccc1Br. The Morgan fingerprint density at radius 2 is 2.29 bits per heavy atom. The highest BCUT2D eigenvalue weighted by atomic mass is 79.9. The summed E-state index contributed by atoms with van der Waals surface area (Å²) >= 11 is 4.60. The van der Waals surface area contributed by atoms with Crippen LogP contribution in [0.25, 0.3) is 0 Å². The quantitative estimate of drug-likeness (QED) is 0.846. The van der Waals surface area contributed by atoms with Gasteiger partial charge >= 0.3 is 0 Å². The average molecular weight is 338 g/mol. The molecule has 0 aliphatic carbocycles. The Morgan fingerprint density at radius 1 is 1.53 bits per heavy atom. The molecule has 2 rings (SSSR count). The molecule has 1 aliphatic heterocycles.